The van der Waals surface area contributed by atoms with E-state index in [1.165, 1.54) is 21.8 Å². The van der Waals surface area contributed by atoms with E-state index in [2.05, 4.69) is 249 Å². The first-order chi connectivity index (χ1) is 34.7. The molecule has 0 saturated heterocycles. The Kier molecular flexibility index (Phi) is 9.06. The van der Waals surface area contributed by atoms with Crippen LogP contribution in [-0.2, 0) is 0 Å². The van der Waals surface area contributed by atoms with Crippen molar-refractivity contribution >= 4 is 83.1 Å². The molecule has 3 aromatic heterocycles. The molecule has 6 nitrogen and oxygen atoms in total. The normalized spacial score (nSPS) is 12.2. The molecule has 0 saturated carbocycles. The number of benzene rings is 10. The monoisotopic (exact) mass is 895 g/mol. The van der Waals surface area contributed by atoms with Gasteiger partial charge < -0.3 is 9.30 Å². The van der Waals surface area contributed by atoms with Crippen molar-refractivity contribution in [3.8, 4) is 45.3 Å². The fourth-order valence-electron chi connectivity index (χ4n) is 10.7. The van der Waals surface area contributed by atoms with Gasteiger partial charge in [0.1, 0.15) is 17.3 Å². The average molecular weight is 896 g/mol. The average Bonchev–Trinajstić information content (AvgIpc) is 4.09. The second kappa shape index (κ2) is 16.0. The molecule has 1 aliphatic heterocycles. The molecule has 0 aliphatic carbocycles. The van der Waals surface area contributed by atoms with Gasteiger partial charge in [-0.25, -0.2) is 4.98 Å². The molecule has 326 valence electrons. The van der Waals surface area contributed by atoms with Crippen molar-refractivity contribution in [3.63, 3.8) is 0 Å². The number of ether oxygens (including phenoxy) is 1. The topological polar surface area (TPSA) is 38.0 Å². The molecular weight excluding hydrogens is 855 g/mol. The summed E-state index contributed by atoms with van der Waals surface area (Å²) < 4.78 is 15.9. The molecule has 0 bridgehead atoms. The number of pyridine rings is 1. The van der Waals surface area contributed by atoms with Crippen LogP contribution in [0.25, 0.3) is 88.1 Å². The summed E-state index contributed by atoms with van der Waals surface area (Å²) in [5.41, 5.74) is 14.1. The lowest BCUT2D eigenvalue weighted by Crippen LogP contribution is -2.05. The van der Waals surface area contributed by atoms with Crippen LogP contribution in [0, 0.1) is 0 Å². The first-order valence-electron chi connectivity index (χ1n) is 23.6. The van der Waals surface area contributed by atoms with E-state index in [9.17, 15) is 0 Å². The summed E-state index contributed by atoms with van der Waals surface area (Å²) in [6, 6.07) is 89.6. The van der Waals surface area contributed by atoms with Crippen molar-refractivity contribution in [2.24, 2.45) is 0 Å². The van der Waals surface area contributed by atoms with Crippen molar-refractivity contribution in [2.45, 2.75) is 0 Å². The minimum absolute atomic E-state index is 0.711. The van der Waals surface area contributed by atoms with Gasteiger partial charge in [0, 0.05) is 51.6 Å². The molecule has 14 rings (SSSR count). The lowest BCUT2D eigenvalue weighted by molar-refractivity contribution is 0.483. The van der Waals surface area contributed by atoms with Crippen LogP contribution in [0.2, 0.25) is 0 Å². The molecule has 0 unspecified atom stereocenters. The Morgan fingerprint density at radius 2 is 1.01 bits per heavy atom. The maximum absolute atomic E-state index is 6.87. The van der Waals surface area contributed by atoms with Crippen LogP contribution in [0.3, 0.4) is 0 Å². The largest absolute Gasteiger partial charge is 0.503 e. The first kappa shape index (κ1) is 39.5. The molecule has 0 atom stereocenters. The van der Waals surface area contributed by atoms with Crippen molar-refractivity contribution in [1.29, 1.82) is 0 Å². The number of nitrogens with zero attached hydrogens (tertiary/aromatic N) is 5. The Morgan fingerprint density at radius 1 is 0.386 bits per heavy atom. The molecule has 13 aromatic rings. The lowest BCUT2D eigenvalue weighted by Gasteiger charge is -2.11. The SMILES string of the molecule is C1=[N+](c2cccc(Oc3ccc4c5cc(-n6c7ccccc7c7ccccc76)ccc5n(-c5ccccn5)c4c3)c2)c2ccc3ccccc3c2[N+]=1c1c(-c2ccccc2)cccc1-c1ccccc1. The van der Waals surface area contributed by atoms with Gasteiger partial charge in [0.25, 0.3) is 5.69 Å². The van der Waals surface area contributed by atoms with Crippen molar-refractivity contribution < 1.29 is 4.74 Å². The zero-order chi connectivity index (χ0) is 46.1. The lowest BCUT2D eigenvalue weighted by atomic mass is 9.95. The maximum Gasteiger partial charge on any atom is 0.503 e. The van der Waals surface area contributed by atoms with Gasteiger partial charge in [-0.15, -0.1) is 0 Å². The molecule has 0 N–H and O–H groups in total. The highest BCUT2D eigenvalue weighted by Crippen LogP contribution is 2.47. The van der Waals surface area contributed by atoms with Crippen LogP contribution in [0.1, 0.15) is 0 Å². The maximum atomic E-state index is 6.87. The molecule has 1 aliphatic rings. The Balaban J connectivity index is 0.916. The number of hydrogen-bond donors (Lipinski definition) is 0. The Hall–Kier alpha value is -9.61. The van der Waals surface area contributed by atoms with Gasteiger partial charge >= 0.3 is 11.7 Å². The summed E-state index contributed by atoms with van der Waals surface area (Å²) >= 11 is 0. The number of para-hydroxylation sites is 3. The molecule has 6 heteroatoms. The van der Waals surface area contributed by atoms with Gasteiger partial charge in [0.05, 0.1) is 44.6 Å². The second-order valence-corrected chi connectivity index (χ2v) is 17.7. The third-order valence-corrected chi connectivity index (χ3v) is 13.7. The standard InChI is InChI=1S/C64H41N5O/c1-3-17-43(18-4-1)50-27-16-28-51(44-19-5-2-6-20-44)63(50)67-42-66(60-36-32-45-21-7-8-24-52(45)64(60)67)46-22-15-23-48(39-46)70-49-34-35-55-56-40-47(33-37-59(56)69(61(55)41-49)62-31-13-14-38-65-62)68-57-29-11-9-25-53(57)54-26-10-12-30-58(54)68/h1-41H/q+2. The summed E-state index contributed by atoms with van der Waals surface area (Å²) in [5.74, 6) is 2.27. The van der Waals surface area contributed by atoms with Gasteiger partial charge in [-0.1, -0.05) is 133 Å². The molecule has 0 fully saturated rings. The minimum Gasteiger partial charge on any atom is -0.457 e. The van der Waals surface area contributed by atoms with Gasteiger partial charge in [0.2, 0.25) is 11.4 Å². The van der Waals surface area contributed by atoms with Gasteiger partial charge in [0.15, 0.2) is 0 Å². The molecule has 4 heterocycles. The summed E-state index contributed by atoms with van der Waals surface area (Å²) in [5, 5.41) is 7.02. The third-order valence-electron chi connectivity index (χ3n) is 13.7. The van der Waals surface area contributed by atoms with Crippen LogP contribution in [0.4, 0.5) is 22.7 Å². The second-order valence-electron chi connectivity index (χ2n) is 17.7. The molecule has 10 aromatic carbocycles. The minimum atomic E-state index is 0.711. The Bertz CT molecular complexity index is 4190. The van der Waals surface area contributed by atoms with Crippen LogP contribution in [0.5, 0.6) is 11.5 Å². The molecule has 0 spiro atoms. The van der Waals surface area contributed by atoms with Crippen molar-refractivity contribution in [3.05, 3.63) is 249 Å². The predicted molar refractivity (Wildman–Crippen MR) is 289 cm³/mol. The van der Waals surface area contributed by atoms with Gasteiger partial charge in [-0.2, -0.15) is 0 Å². The highest BCUT2D eigenvalue weighted by atomic mass is 16.5. The van der Waals surface area contributed by atoms with E-state index in [0.29, 0.717) is 5.75 Å². The summed E-state index contributed by atoms with van der Waals surface area (Å²) in [4.78, 5) is 4.86. The van der Waals surface area contributed by atoms with Crippen LogP contribution >= 0.6 is 0 Å². The highest BCUT2D eigenvalue weighted by Gasteiger charge is 2.41. The third kappa shape index (κ3) is 6.32. The van der Waals surface area contributed by atoms with E-state index < -0.39 is 0 Å². The van der Waals surface area contributed by atoms with E-state index >= 15 is 0 Å². The molecule has 0 radical (unpaired) electrons. The Labute approximate surface area is 403 Å². The number of rotatable bonds is 8. The van der Waals surface area contributed by atoms with Crippen LogP contribution in [0.15, 0.2) is 249 Å². The fraction of sp³-hybridized carbons (Fsp3) is 0. The zero-order valence-electron chi connectivity index (χ0n) is 37.8. The van der Waals surface area contributed by atoms with Crippen LogP contribution < -0.4 is 13.9 Å². The highest BCUT2D eigenvalue weighted by molar-refractivity contribution is 6.13. The van der Waals surface area contributed by atoms with E-state index in [1.54, 1.807) is 0 Å². The van der Waals surface area contributed by atoms with Crippen LogP contribution in [-0.4, -0.2) is 20.1 Å². The van der Waals surface area contributed by atoms with Gasteiger partial charge in [-0.05, 0) is 111 Å². The number of fused-ring (bicyclic) bond motifs is 9. The zero-order valence-corrected chi connectivity index (χ0v) is 37.8. The summed E-state index contributed by atoms with van der Waals surface area (Å²) in [6.07, 6.45) is 1.85. The van der Waals surface area contributed by atoms with E-state index in [1.807, 2.05) is 24.4 Å². The summed E-state index contributed by atoms with van der Waals surface area (Å²) in [7, 11) is 0. The van der Waals surface area contributed by atoms with Crippen molar-refractivity contribution in [1.82, 2.24) is 23.3 Å². The Morgan fingerprint density at radius 3 is 1.74 bits per heavy atom. The quantitative estimate of drug-likeness (QED) is 0.143. The fourth-order valence-corrected chi connectivity index (χ4v) is 10.7. The van der Waals surface area contributed by atoms with Gasteiger partial charge in [-0.3, -0.25) is 4.57 Å². The molecule has 70 heavy (non-hydrogen) atoms. The molecular formula is C64H41N5O+2. The van der Waals surface area contributed by atoms with E-state index in [0.717, 1.165) is 94.8 Å². The van der Waals surface area contributed by atoms with E-state index in [-0.39, 0.29) is 0 Å². The predicted octanol–water partition coefficient (Wildman–Crippen LogP) is 16.4. The summed E-state index contributed by atoms with van der Waals surface area (Å²) in [6.45, 7) is 0. The van der Waals surface area contributed by atoms with E-state index in [4.69, 9.17) is 9.72 Å². The number of aromatic nitrogens is 3. The smallest absolute Gasteiger partial charge is 0.457 e. The first-order valence-corrected chi connectivity index (χ1v) is 23.6. The number of hydrogen-bond acceptors (Lipinski definition) is 2. The molecule has 0 amide bonds. The van der Waals surface area contributed by atoms with Crippen molar-refractivity contribution in [2.75, 3.05) is 0 Å².